The number of carboxylic acid groups (broad SMARTS) is 1. The van der Waals surface area contributed by atoms with Gasteiger partial charge >= 0.3 is 5.97 Å². The molecule has 0 bridgehead atoms. The van der Waals surface area contributed by atoms with E-state index in [4.69, 9.17) is 10.6 Å². The molecule has 0 aliphatic heterocycles. The molecule has 14 heavy (non-hydrogen) atoms. The van der Waals surface area contributed by atoms with Crippen LogP contribution in [0.15, 0.2) is 21.7 Å². The molecule has 0 aliphatic rings. The van der Waals surface area contributed by atoms with Crippen molar-refractivity contribution in [3.8, 4) is 0 Å². The summed E-state index contributed by atoms with van der Waals surface area (Å²) < 4.78 is 13.2. The fourth-order valence-electron chi connectivity index (χ4n) is 0.875. The number of hydrogen-bond donors (Lipinski definition) is 1. The van der Waals surface area contributed by atoms with Crippen molar-refractivity contribution < 1.29 is 14.3 Å². The molecular weight excluding hydrogens is 257 g/mol. The molecule has 7 heteroatoms. The Balaban J connectivity index is 3.52. The second-order valence-electron chi connectivity index (χ2n) is 2.25. The Labute approximate surface area is 85.9 Å². The van der Waals surface area contributed by atoms with Gasteiger partial charge in [-0.1, -0.05) is 11.2 Å². The zero-order chi connectivity index (χ0) is 10.7. The summed E-state index contributed by atoms with van der Waals surface area (Å²) in [4.78, 5) is 13.0. The number of azide groups is 1. The fraction of sp³-hybridized carbons (Fsp3) is 0. The summed E-state index contributed by atoms with van der Waals surface area (Å²) in [6.07, 6.45) is 0. The number of benzene rings is 1. The monoisotopic (exact) mass is 259 g/mol. The lowest BCUT2D eigenvalue weighted by Gasteiger charge is -2.02. The van der Waals surface area contributed by atoms with Gasteiger partial charge in [-0.15, -0.1) is 0 Å². The van der Waals surface area contributed by atoms with Crippen molar-refractivity contribution in [1.29, 1.82) is 0 Å². The van der Waals surface area contributed by atoms with Crippen molar-refractivity contribution in [1.82, 2.24) is 0 Å². The number of halogens is 2. The van der Waals surface area contributed by atoms with E-state index in [-0.39, 0.29) is 10.2 Å². The zero-order valence-electron chi connectivity index (χ0n) is 6.61. The molecule has 0 fully saturated rings. The maximum atomic E-state index is 13.2. The van der Waals surface area contributed by atoms with Crippen molar-refractivity contribution in [2.24, 2.45) is 5.11 Å². The second-order valence-corrected chi connectivity index (χ2v) is 3.10. The van der Waals surface area contributed by atoms with E-state index in [2.05, 4.69) is 26.0 Å². The van der Waals surface area contributed by atoms with Crippen LogP contribution < -0.4 is 0 Å². The molecule has 0 unspecified atom stereocenters. The molecule has 5 nitrogen and oxygen atoms in total. The van der Waals surface area contributed by atoms with E-state index in [0.29, 0.717) is 0 Å². The quantitative estimate of drug-likeness (QED) is 0.502. The largest absolute Gasteiger partial charge is 0.478 e. The van der Waals surface area contributed by atoms with Gasteiger partial charge in [0.1, 0.15) is 5.56 Å². The first kappa shape index (κ1) is 10.5. The highest BCUT2D eigenvalue weighted by Gasteiger charge is 2.17. The summed E-state index contributed by atoms with van der Waals surface area (Å²) >= 11 is 2.83. The topological polar surface area (TPSA) is 86.1 Å². The van der Waals surface area contributed by atoms with Crippen LogP contribution in [-0.2, 0) is 0 Å². The molecule has 0 amide bonds. The Morgan fingerprint density at radius 2 is 2.29 bits per heavy atom. The van der Waals surface area contributed by atoms with Crippen LogP contribution in [0.5, 0.6) is 0 Å². The normalized spacial score (nSPS) is 9.29. The molecule has 0 aliphatic carbocycles. The minimum absolute atomic E-state index is 0.00629. The van der Waals surface area contributed by atoms with Crippen molar-refractivity contribution in [2.45, 2.75) is 0 Å². The lowest BCUT2D eigenvalue weighted by atomic mass is 10.2. The van der Waals surface area contributed by atoms with Gasteiger partial charge in [0.15, 0.2) is 5.82 Å². The predicted octanol–water partition coefficient (Wildman–Crippen LogP) is 3.23. The minimum Gasteiger partial charge on any atom is -0.478 e. The zero-order valence-corrected chi connectivity index (χ0v) is 8.19. The Morgan fingerprint density at radius 1 is 1.64 bits per heavy atom. The Hall–Kier alpha value is -1.59. The van der Waals surface area contributed by atoms with E-state index in [1.807, 2.05) is 0 Å². The summed E-state index contributed by atoms with van der Waals surface area (Å²) in [6, 6.07) is 2.49. The van der Waals surface area contributed by atoms with Crippen LogP contribution in [0, 0.1) is 5.82 Å². The Bertz CT molecular complexity index is 443. The molecule has 0 saturated heterocycles. The Morgan fingerprint density at radius 3 is 2.79 bits per heavy atom. The maximum Gasteiger partial charge on any atom is 0.339 e. The van der Waals surface area contributed by atoms with E-state index in [1.165, 1.54) is 12.1 Å². The van der Waals surface area contributed by atoms with E-state index in [9.17, 15) is 9.18 Å². The number of carboxylic acids is 1. The van der Waals surface area contributed by atoms with Gasteiger partial charge in [-0.2, -0.15) is 0 Å². The summed E-state index contributed by atoms with van der Waals surface area (Å²) in [5.41, 5.74) is 7.23. The van der Waals surface area contributed by atoms with Gasteiger partial charge in [0.2, 0.25) is 0 Å². The van der Waals surface area contributed by atoms with E-state index >= 15 is 0 Å². The van der Waals surface area contributed by atoms with Crippen LogP contribution in [0.3, 0.4) is 0 Å². The molecule has 72 valence electrons. The van der Waals surface area contributed by atoms with E-state index in [0.717, 1.165) is 0 Å². The third-order valence-electron chi connectivity index (χ3n) is 1.44. The predicted molar refractivity (Wildman–Crippen MR) is 49.9 cm³/mol. The minimum atomic E-state index is -1.48. The number of hydrogen-bond acceptors (Lipinski definition) is 2. The van der Waals surface area contributed by atoms with Crippen molar-refractivity contribution in [3.05, 3.63) is 38.4 Å². The SMILES string of the molecule is [N-]=[N+]=Nc1ccc(Br)c(F)c1C(=O)O. The first-order chi connectivity index (χ1) is 6.57. The van der Waals surface area contributed by atoms with E-state index < -0.39 is 17.3 Å². The number of carbonyl (C=O) groups is 1. The van der Waals surface area contributed by atoms with Gasteiger partial charge in [-0.3, -0.25) is 0 Å². The molecular formula is C7H3BrFN3O2. The lowest BCUT2D eigenvalue weighted by Crippen LogP contribution is -2.01. The number of aromatic carboxylic acids is 1. The van der Waals surface area contributed by atoms with Crippen molar-refractivity contribution in [2.75, 3.05) is 0 Å². The average Bonchev–Trinajstić information content (AvgIpc) is 2.11. The number of rotatable bonds is 2. The molecule has 1 rings (SSSR count). The highest BCUT2D eigenvalue weighted by Crippen LogP contribution is 2.27. The van der Waals surface area contributed by atoms with Crippen LogP contribution >= 0.6 is 15.9 Å². The van der Waals surface area contributed by atoms with Gasteiger partial charge in [0, 0.05) is 4.91 Å². The van der Waals surface area contributed by atoms with Crippen LogP contribution in [0.2, 0.25) is 0 Å². The smallest absolute Gasteiger partial charge is 0.339 e. The van der Waals surface area contributed by atoms with Crippen molar-refractivity contribution in [3.63, 3.8) is 0 Å². The van der Waals surface area contributed by atoms with Crippen LogP contribution in [0.4, 0.5) is 10.1 Å². The van der Waals surface area contributed by atoms with Gasteiger partial charge < -0.3 is 5.11 Å². The third kappa shape index (κ3) is 1.84. The molecule has 0 heterocycles. The molecule has 0 spiro atoms. The number of nitrogens with zero attached hydrogens (tertiary/aromatic N) is 3. The fourth-order valence-corrected chi connectivity index (χ4v) is 1.21. The first-order valence-corrected chi connectivity index (χ1v) is 4.13. The molecule has 0 radical (unpaired) electrons. The van der Waals surface area contributed by atoms with Gasteiger partial charge in [-0.25, -0.2) is 9.18 Å². The molecule has 0 atom stereocenters. The molecule has 1 aromatic carbocycles. The van der Waals surface area contributed by atoms with Gasteiger partial charge in [0.05, 0.1) is 10.2 Å². The van der Waals surface area contributed by atoms with Gasteiger partial charge in [-0.05, 0) is 27.5 Å². The first-order valence-electron chi connectivity index (χ1n) is 3.34. The molecule has 1 aromatic rings. The highest BCUT2D eigenvalue weighted by atomic mass is 79.9. The van der Waals surface area contributed by atoms with Crippen LogP contribution in [-0.4, -0.2) is 11.1 Å². The third-order valence-corrected chi connectivity index (χ3v) is 2.05. The standard InChI is InChI=1S/C7H3BrFN3O2/c8-3-1-2-4(11-12-10)5(6(3)9)7(13)14/h1-2H,(H,13,14). The summed E-state index contributed by atoms with van der Waals surface area (Å²) in [5.74, 6) is -2.44. The van der Waals surface area contributed by atoms with Crippen LogP contribution in [0.25, 0.3) is 10.4 Å². The summed E-state index contributed by atoms with van der Waals surface area (Å²) in [5, 5.41) is 11.7. The lowest BCUT2D eigenvalue weighted by molar-refractivity contribution is 0.0692. The summed E-state index contributed by atoms with van der Waals surface area (Å²) in [6.45, 7) is 0. The highest BCUT2D eigenvalue weighted by molar-refractivity contribution is 9.10. The molecule has 0 saturated carbocycles. The van der Waals surface area contributed by atoms with E-state index in [1.54, 1.807) is 0 Å². The van der Waals surface area contributed by atoms with Crippen LogP contribution in [0.1, 0.15) is 10.4 Å². The Kier molecular flexibility index (Phi) is 3.06. The van der Waals surface area contributed by atoms with Gasteiger partial charge in [0.25, 0.3) is 0 Å². The average molecular weight is 260 g/mol. The molecule has 1 N–H and O–H groups in total. The molecule has 0 aromatic heterocycles. The maximum absolute atomic E-state index is 13.2. The second kappa shape index (κ2) is 4.08. The summed E-state index contributed by atoms with van der Waals surface area (Å²) in [7, 11) is 0. The van der Waals surface area contributed by atoms with Crippen molar-refractivity contribution >= 4 is 27.6 Å².